The predicted octanol–water partition coefficient (Wildman–Crippen LogP) is 2.50. The molecule has 1 aliphatic carbocycles. The van der Waals surface area contributed by atoms with E-state index in [9.17, 15) is 9.18 Å². The van der Waals surface area contributed by atoms with E-state index in [0.717, 1.165) is 25.7 Å². The highest BCUT2D eigenvalue weighted by molar-refractivity contribution is 6.06. The molecule has 3 nitrogen and oxygen atoms in total. The molecule has 2 N–H and O–H groups in total. The molecule has 0 bridgehead atoms. The van der Waals surface area contributed by atoms with Gasteiger partial charge >= 0.3 is 0 Å². The van der Waals surface area contributed by atoms with E-state index < -0.39 is 5.54 Å². The second-order valence-electron chi connectivity index (χ2n) is 4.56. The molecule has 1 amide bonds. The fraction of sp³-hybridized carbons (Fsp3) is 0.417. The molecule has 4 heteroatoms. The minimum Gasteiger partial charge on any atom is -0.369 e. The number of carbonyl (C=O) groups excluding carboxylic acids is 1. The van der Waals surface area contributed by atoms with Gasteiger partial charge in [0.2, 0.25) is 5.91 Å². The Labute approximate surface area is 93.0 Å². The predicted molar refractivity (Wildman–Crippen MR) is 59.9 cm³/mol. The first-order chi connectivity index (χ1) is 7.70. The molecule has 0 unspecified atom stereocenters. The minimum absolute atomic E-state index is 0.0177. The maximum Gasteiger partial charge on any atom is 0.250 e. The number of benzene rings is 1. The summed E-state index contributed by atoms with van der Waals surface area (Å²) in [6.45, 7) is 0. The number of fused-ring (bicyclic) bond motifs is 1. The van der Waals surface area contributed by atoms with Crippen LogP contribution >= 0.6 is 0 Å². The first-order valence-electron chi connectivity index (χ1n) is 5.59. The highest BCUT2D eigenvalue weighted by Crippen LogP contribution is 2.40. The van der Waals surface area contributed by atoms with Crippen LogP contribution < -0.4 is 10.6 Å². The molecule has 1 aromatic carbocycles. The number of amides is 1. The standard InChI is InChI=1S/C12H13FN2O/c13-8-3-4-9-10(7-8)15-12(11(16)14-9)5-1-2-6-12/h3-4,7,15H,1-2,5-6H2,(H,14,16). The van der Waals surface area contributed by atoms with Crippen LogP contribution in [0.2, 0.25) is 0 Å². The number of hydrogen-bond acceptors (Lipinski definition) is 2. The van der Waals surface area contributed by atoms with Gasteiger partial charge in [0.1, 0.15) is 11.4 Å². The van der Waals surface area contributed by atoms with Gasteiger partial charge in [-0.15, -0.1) is 0 Å². The number of carbonyl (C=O) groups is 1. The SMILES string of the molecule is O=C1Nc2ccc(F)cc2NC12CCCC2. The van der Waals surface area contributed by atoms with Crippen LogP contribution in [0.4, 0.5) is 15.8 Å². The van der Waals surface area contributed by atoms with E-state index in [1.807, 2.05) is 0 Å². The molecular formula is C12H13FN2O. The van der Waals surface area contributed by atoms with Gasteiger partial charge in [0.25, 0.3) is 0 Å². The molecule has 0 saturated heterocycles. The van der Waals surface area contributed by atoms with E-state index in [1.165, 1.54) is 12.1 Å². The largest absolute Gasteiger partial charge is 0.369 e. The fourth-order valence-electron chi connectivity index (χ4n) is 2.62. The van der Waals surface area contributed by atoms with Gasteiger partial charge in [-0.05, 0) is 31.0 Å². The Morgan fingerprint density at radius 1 is 1.19 bits per heavy atom. The third kappa shape index (κ3) is 1.29. The summed E-state index contributed by atoms with van der Waals surface area (Å²) in [4.78, 5) is 12.0. The summed E-state index contributed by atoms with van der Waals surface area (Å²) in [7, 11) is 0. The average molecular weight is 220 g/mol. The monoisotopic (exact) mass is 220 g/mol. The zero-order valence-corrected chi connectivity index (χ0v) is 8.85. The second-order valence-corrected chi connectivity index (χ2v) is 4.56. The third-order valence-electron chi connectivity index (χ3n) is 3.50. The van der Waals surface area contributed by atoms with Gasteiger partial charge in [-0.1, -0.05) is 12.8 Å². The average Bonchev–Trinajstić information content (AvgIpc) is 2.70. The molecule has 84 valence electrons. The van der Waals surface area contributed by atoms with Gasteiger partial charge in [-0.3, -0.25) is 4.79 Å². The summed E-state index contributed by atoms with van der Waals surface area (Å²) in [6.07, 6.45) is 3.75. The zero-order valence-electron chi connectivity index (χ0n) is 8.85. The van der Waals surface area contributed by atoms with Crippen molar-refractivity contribution >= 4 is 17.3 Å². The Morgan fingerprint density at radius 3 is 2.69 bits per heavy atom. The topological polar surface area (TPSA) is 41.1 Å². The van der Waals surface area contributed by atoms with Crippen LogP contribution in [-0.4, -0.2) is 11.4 Å². The van der Waals surface area contributed by atoms with Gasteiger partial charge in [0.05, 0.1) is 11.4 Å². The Morgan fingerprint density at radius 2 is 1.94 bits per heavy atom. The van der Waals surface area contributed by atoms with E-state index in [2.05, 4.69) is 10.6 Å². The summed E-state index contributed by atoms with van der Waals surface area (Å²) in [5.41, 5.74) is 0.867. The van der Waals surface area contributed by atoms with E-state index in [1.54, 1.807) is 6.07 Å². The van der Waals surface area contributed by atoms with Gasteiger partial charge in [-0.2, -0.15) is 0 Å². The smallest absolute Gasteiger partial charge is 0.250 e. The minimum atomic E-state index is -0.499. The maximum atomic E-state index is 13.1. The number of rotatable bonds is 0. The van der Waals surface area contributed by atoms with Gasteiger partial charge in [-0.25, -0.2) is 4.39 Å². The van der Waals surface area contributed by atoms with E-state index in [-0.39, 0.29) is 11.7 Å². The molecule has 1 spiro atoms. The van der Waals surface area contributed by atoms with Gasteiger partial charge in [0, 0.05) is 0 Å². The van der Waals surface area contributed by atoms with Crippen LogP contribution in [0.1, 0.15) is 25.7 Å². The molecule has 0 radical (unpaired) electrons. The summed E-state index contributed by atoms with van der Waals surface area (Å²) in [5, 5.41) is 6.06. The summed E-state index contributed by atoms with van der Waals surface area (Å²) in [5.74, 6) is -0.264. The highest BCUT2D eigenvalue weighted by atomic mass is 19.1. The van der Waals surface area contributed by atoms with Crippen molar-refractivity contribution in [2.24, 2.45) is 0 Å². The summed E-state index contributed by atoms with van der Waals surface area (Å²) in [6, 6.07) is 4.39. The van der Waals surface area contributed by atoms with Crippen molar-refractivity contribution in [2.75, 3.05) is 10.6 Å². The zero-order chi connectivity index (χ0) is 11.2. The Kier molecular flexibility index (Phi) is 1.93. The highest BCUT2D eigenvalue weighted by Gasteiger charge is 2.44. The fourth-order valence-corrected chi connectivity index (χ4v) is 2.62. The molecule has 1 fully saturated rings. The first-order valence-corrected chi connectivity index (χ1v) is 5.59. The Balaban J connectivity index is 2.02. The van der Waals surface area contributed by atoms with Gasteiger partial charge in [0.15, 0.2) is 0 Å². The van der Waals surface area contributed by atoms with Crippen LogP contribution in [0, 0.1) is 5.82 Å². The van der Waals surface area contributed by atoms with Crippen molar-refractivity contribution in [3.8, 4) is 0 Å². The van der Waals surface area contributed by atoms with Crippen LogP contribution in [0.25, 0.3) is 0 Å². The molecule has 16 heavy (non-hydrogen) atoms. The van der Waals surface area contributed by atoms with Crippen LogP contribution in [0.3, 0.4) is 0 Å². The molecule has 3 rings (SSSR count). The molecular weight excluding hydrogens is 207 g/mol. The number of nitrogens with one attached hydrogen (secondary N) is 2. The normalized spacial score (nSPS) is 21.4. The van der Waals surface area contributed by atoms with Crippen LogP contribution in [0.5, 0.6) is 0 Å². The first kappa shape index (κ1) is 9.63. The van der Waals surface area contributed by atoms with Crippen molar-refractivity contribution in [3.05, 3.63) is 24.0 Å². The lowest BCUT2D eigenvalue weighted by Gasteiger charge is -2.35. The van der Waals surface area contributed by atoms with Crippen LogP contribution in [0.15, 0.2) is 18.2 Å². The molecule has 1 saturated carbocycles. The Hall–Kier alpha value is -1.58. The van der Waals surface area contributed by atoms with Crippen molar-refractivity contribution in [2.45, 2.75) is 31.2 Å². The summed E-state index contributed by atoms with van der Waals surface area (Å²) < 4.78 is 13.1. The van der Waals surface area contributed by atoms with Crippen LogP contribution in [-0.2, 0) is 4.79 Å². The van der Waals surface area contributed by atoms with E-state index in [4.69, 9.17) is 0 Å². The van der Waals surface area contributed by atoms with Crippen molar-refractivity contribution in [1.29, 1.82) is 0 Å². The van der Waals surface area contributed by atoms with Crippen molar-refractivity contribution in [1.82, 2.24) is 0 Å². The molecule has 1 aromatic rings. The quantitative estimate of drug-likeness (QED) is 0.705. The lowest BCUT2D eigenvalue weighted by molar-refractivity contribution is -0.120. The van der Waals surface area contributed by atoms with Gasteiger partial charge < -0.3 is 10.6 Å². The Bertz CT molecular complexity index is 452. The van der Waals surface area contributed by atoms with Crippen molar-refractivity contribution < 1.29 is 9.18 Å². The lowest BCUT2D eigenvalue weighted by Crippen LogP contribution is -2.50. The molecule has 0 aromatic heterocycles. The third-order valence-corrected chi connectivity index (χ3v) is 3.50. The second kappa shape index (κ2) is 3.20. The lowest BCUT2D eigenvalue weighted by atomic mass is 9.93. The number of hydrogen-bond donors (Lipinski definition) is 2. The summed E-state index contributed by atoms with van der Waals surface area (Å²) >= 11 is 0. The molecule has 1 heterocycles. The molecule has 0 atom stereocenters. The van der Waals surface area contributed by atoms with E-state index >= 15 is 0 Å². The number of halogens is 1. The van der Waals surface area contributed by atoms with Crippen molar-refractivity contribution in [3.63, 3.8) is 0 Å². The molecule has 1 aliphatic heterocycles. The molecule has 2 aliphatic rings. The maximum absolute atomic E-state index is 13.1. The van der Waals surface area contributed by atoms with E-state index in [0.29, 0.717) is 11.4 Å². The number of anilines is 2.